The molecule has 1 atom stereocenters. The average molecular weight is 336 g/mol. The molecule has 0 unspecified atom stereocenters. The second-order valence-corrected chi connectivity index (χ2v) is 6.65. The molecule has 0 aromatic heterocycles. The third-order valence-corrected chi connectivity index (χ3v) is 4.49. The first-order valence-electron chi connectivity index (χ1n) is 8.35. The zero-order valence-electron chi connectivity index (χ0n) is 14.2. The van der Waals surface area contributed by atoms with E-state index >= 15 is 0 Å². The number of benzene rings is 1. The Hall–Kier alpha value is -1.95. The lowest BCUT2D eigenvalue weighted by Crippen LogP contribution is -2.46. The summed E-state index contributed by atoms with van der Waals surface area (Å²) in [6, 6.07) is 6.22. The van der Waals surface area contributed by atoms with Gasteiger partial charge in [0.2, 0.25) is 5.91 Å². The Balaban J connectivity index is 2.13. The van der Waals surface area contributed by atoms with Crippen LogP contribution in [-0.4, -0.2) is 52.5 Å². The van der Waals surface area contributed by atoms with E-state index in [-0.39, 0.29) is 30.1 Å². The van der Waals surface area contributed by atoms with Crippen molar-refractivity contribution in [3.05, 3.63) is 35.6 Å². The van der Waals surface area contributed by atoms with Crippen molar-refractivity contribution in [2.75, 3.05) is 19.6 Å². The van der Waals surface area contributed by atoms with Gasteiger partial charge in [-0.15, -0.1) is 0 Å². The first-order chi connectivity index (χ1) is 11.4. The van der Waals surface area contributed by atoms with Crippen molar-refractivity contribution in [1.82, 2.24) is 9.80 Å². The molecule has 1 aromatic rings. The fourth-order valence-corrected chi connectivity index (χ4v) is 3.06. The van der Waals surface area contributed by atoms with Crippen LogP contribution in [0.15, 0.2) is 24.3 Å². The van der Waals surface area contributed by atoms with Gasteiger partial charge in [0, 0.05) is 38.6 Å². The number of carboxylic acid groups (broad SMARTS) is 1. The first kappa shape index (κ1) is 18.4. The molecule has 1 aromatic carbocycles. The minimum Gasteiger partial charge on any atom is -0.481 e. The maximum Gasteiger partial charge on any atom is 0.304 e. The van der Waals surface area contributed by atoms with Gasteiger partial charge in [0.15, 0.2) is 0 Å². The van der Waals surface area contributed by atoms with Crippen molar-refractivity contribution in [2.24, 2.45) is 5.92 Å². The third kappa shape index (κ3) is 5.03. The molecule has 0 radical (unpaired) electrons. The summed E-state index contributed by atoms with van der Waals surface area (Å²) in [5.74, 6) is -0.799. The predicted octanol–water partition coefficient (Wildman–Crippen LogP) is 2.36. The summed E-state index contributed by atoms with van der Waals surface area (Å²) in [7, 11) is 0. The van der Waals surface area contributed by atoms with Crippen LogP contribution in [0.5, 0.6) is 0 Å². The fourth-order valence-electron chi connectivity index (χ4n) is 3.06. The van der Waals surface area contributed by atoms with Gasteiger partial charge in [0.25, 0.3) is 0 Å². The second-order valence-electron chi connectivity index (χ2n) is 6.65. The van der Waals surface area contributed by atoms with Crippen molar-refractivity contribution in [3.8, 4) is 0 Å². The summed E-state index contributed by atoms with van der Waals surface area (Å²) in [6.45, 7) is 6.28. The van der Waals surface area contributed by atoms with E-state index in [0.717, 1.165) is 5.56 Å². The maximum atomic E-state index is 13.1. The Morgan fingerprint density at radius 2 is 2.00 bits per heavy atom. The van der Waals surface area contributed by atoms with Crippen LogP contribution in [0.3, 0.4) is 0 Å². The lowest BCUT2D eigenvalue weighted by Gasteiger charge is -2.34. The lowest BCUT2D eigenvalue weighted by atomic mass is 10.0. The van der Waals surface area contributed by atoms with E-state index in [4.69, 9.17) is 5.11 Å². The molecular weight excluding hydrogens is 311 g/mol. The molecule has 1 heterocycles. The van der Waals surface area contributed by atoms with Crippen LogP contribution in [0.2, 0.25) is 0 Å². The minimum absolute atomic E-state index is 0.0128. The van der Waals surface area contributed by atoms with Gasteiger partial charge in [0.1, 0.15) is 5.82 Å². The molecule has 1 amide bonds. The largest absolute Gasteiger partial charge is 0.481 e. The topological polar surface area (TPSA) is 60.9 Å². The standard InChI is InChI=1S/C18H25FN2O3/c1-13(2)16-12-20(10-8-18(23)24)9-7-17(22)21(16)11-14-3-5-15(19)6-4-14/h3-6,13,16H,7-12H2,1-2H3,(H,23,24)/t16-/m0/s1. The van der Waals surface area contributed by atoms with Gasteiger partial charge in [0.05, 0.1) is 6.42 Å². The molecule has 1 N–H and O–H groups in total. The van der Waals surface area contributed by atoms with E-state index in [0.29, 0.717) is 32.6 Å². The predicted molar refractivity (Wildman–Crippen MR) is 88.9 cm³/mol. The number of carboxylic acids is 1. The van der Waals surface area contributed by atoms with Gasteiger partial charge < -0.3 is 14.9 Å². The minimum atomic E-state index is -0.824. The maximum absolute atomic E-state index is 13.1. The normalized spacial score (nSPS) is 19.6. The van der Waals surface area contributed by atoms with Crippen molar-refractivity contribution >= 4 is 11.9 Å². The van der Waals surface area contributed by atoms with E-state index in [1.54, 1.807) is 12.1 Å². The Morgan fingerprint density at radius 3 is 2.58 bits per heavy atom. The van der Waals surface area contributed by atoms with Crippen LogP contribution < -0.4 is 0 Å². The molecule has 1 fully saturated rings. The molecule has 6 heteroatoms. The highest BCUT2D eigenvalue weighted by Crippen LogP contribution is 2.21. The van der Waals surface area contributed by atoms with Crippen molar-refractivity contribution < 1.29 is 19.1 Å². The number of rotatable bonds is 6. The molecule has 0 bridgehead atoms. The van der Waals surface area contributed by atoms with E-state index in [1.165, 1.54) is 12.1 Å². The molecule has 1 aliphatic heterocycles. The van der Waals surface area contributed by atoms with E-state index < -0.39 is 5.97 Å². The van der Waals surface area contributed by atoms with Crippen LogP contribution >= 0.6 is 0 Å². The molecule has 1 saturated heterocycles. The fraction of sp³-hybridized carbons (Fsp3) is 0.556. The third-order valence-electron chi connectivity index (χ3n) is 4.49. The lowest BCUT2D eigenvalue weighted by molar-refractivity contribution is -0.137. The van der Waals surface area contributed by atoms with Gasteiger partial charge in [-0.1, -0.05) is 26.0 Å². The van der Waals surface area contributed by atoms with Gasteiger partial charge in [-0.25, -0.2) is 4.39 Å². The summed E-state index contributed by atoms with van der Waals surface area (Å²) in [6.07, 6.45) is 0.459. The molecule has 2 rings (SSSR count). The highest BCUT2D eigenvalue weighted by atomic mass is 19.1. The zero-order chi connectivity index (χ0) is 17.7. The quantitative estimate of drug-likeness (QED) is 0.866. The summed E-state index contributed by atoms with van der Waals surface area (Å²) < 4.78 is 13.1. The van der Waals surface area contributed by atoms with E-state index in [9.17, 15) is 14.0 Å². The molecule has 1 aliphatic rings. The van der Waals surface area contributed by atoms with Crippen LogP contribution in [0.25, 0.3) is 0 Å². The number of hydrogen-bond acceptors (Lipinski definition) is 3. The van der Waals surface area contributed by atoms with Crippen LogP contribution in [0.4, 0.5) is 4.39 Å². The van der Waals surface area contributed by atoms with Gasteiger partial charge >= 0.3 is 5.97 Å². The highest BCUT2D eigenvalue weighted by Gasteiger charge is 2.31. The number of carbonyl (C=O) groups excluding carboxylic acids is 1. The van der Waals surface area contributed by atoms with Gasteiger partial charge in [-0.2, -0.15) is 0 Å². The Kier molecular flexibility index (Phi) is 6.31. The number of amides is 1. The Morgan fingerprint density at radius 1 is 1.33 bits per heavy atom. The van der Waals surface area contributed by atoms with Gasteiger partial charge in [-0.3, -0.25) is 9.59 Å². The van der Waals surface area contributed by atoms with Crippen molar-refractivity contribution in [3.63, 3.8) is 0 Å². The Bertz CT molecular complexity index is 574. The number of hydrogen-bond donors (Lipinski definition) is 1. The summed E-state index contributed by atoms with van der Waals surface area (Å²) >= 11 is 0. The van der Waals surface area contributed by atoms with Crippen LogP contribution in [-0.2, 0) is 16.1 Å². The zero-order valence-corrected chi connectivity index (χ0v) is 14.2. The summed E-state index contributed by atoms with van der Waals surface area (Å²) in [5.41, 5.74) is 0.898. The van der Waals surface area contributed by atoms with E-state index in [1.807, 2.05) is 4.90 Å². The number of nitrogens with zero attached hydrogens (tertiary/aromatic N) is 2. The van der Waals surface area contributed by atoms with Crippen LogP contribution in [0, 0.1) is 11.7 Å². The molecule has 0 spiro atoms. The SMILES string of the molecule is CC(C)[C@@H]1CN(CCC(=O)O)CCC(=O)N1Cc1ccc(F)cc1. The molecule has 132 valence electrons. The second kappa shape index (κ2) is 8.24. The number of aliphatic carboxylic acids is 1. The number of halogens is 1. The molecule has 5 nitrogen and oxygen atoms in total. The van der Waals surface area contributed by atoms with Gasteiger partial charge in [-0.05, 0) is 23.6 Å². The first-order valence-corrected chi connectivity index (χ1v) is 8.35. The van der Waals surface area contributed by atoms with Crippen molar-refractivity contribution in [1.29, 1.82) is 0 Å². The smallest absolute Gasteiger partial charge is 0.304 e. The Labute approximate surface area is 142 Å². The molecule has 24 heavy (non-hydrogen) atoms. The molecule has 0 aliphatic carbocycles. The molecular formula is C18H25FN2O3. The number of carbonyl (C=O) groups is 2. The molecule has 0 saturated carbocycles. The van der Waals surface area contributed by atoms with Crippen LogP contribution in [0.1, 0.15) is 32.3 Å². The summed E-state index contributed by atoms with van der Waals surface area (Å²) in [4.78, 5) is 27.3. The van der Waals surface area contributed by atoms with Crippen molar-refractivity contribution in [2.45, 2.75) is 39.3 Å². The monoisotopic (exact) mass is 336 g/mol. The van der Waals surface area contributed by atoms with E-state index in [2.05, 4.69) is 18.7 Å². The summed E-state index contributed by atoms with van der Waals surface area (Å²) in [5, 5.41) is 8.88. The highest BCUT2D eigenvalue weighted by molar-refractivity contribution is 5.77. The average Bonchev–Trinajstić information content (AvgIpc) is 2.68.